The van der Waals surface area contributed by atoms with Gasteiger partial charge in [0.05, 0.1) is 11.3 Å². The summed E-state index contributed by atoms with van der Waals surface area (Å²) >= 11 is 7.25. The fraction of sp³-hybridized carbons (Fsp3) is 0.412. The van der Waals surface area contributed by atoms with Gasteiger partial charge < -0.3 is 9.84 Å². The zero-order valence-corrected chi connectivity index (χ0v) is 15.0. The summed E-state index contributed by atoms with van der Waals surface area (Å²) in [6, 6.07) is 5.37. The number of nitrogens with zero attached hydrogens (tertiary/aromatic N) is 2. The summed E-state index contributed by atoms with van der Waals surface area (Å²) in [5, 5.41) is 10.4. The Bertz CT molecular complexity index is 741. The first-order valence-electron chi connectivity index (χ1n) is 7.90. The number of carbonyl (C=O) groups is 1. The number of aromatic nitrogens is 1. The molecule has 7 heteroatoms. The number of hydrogen-bond donors (Lipinski definition) is 1. The van der Waals surface area contributed by atoms with Gasteiger partial charge in [-0.15, -0.1) is 11.3 Å². The predicted octanol–water partition coefficient (Wildman–Crippen LogP) is 3.94. The highest BCUT2D eigenvalue weighted by molar-refractivity contribution is 7.17. The van der Waals surface area contributed by atoms with Crippen molar-refractivity contribution >= 4 is 28.9 Å². The van der Waals surface area contributed by atoms with Gasteiger partial charge in [0.25, 0.3) is 0 Å². The van der Waals surface area contributed by atoms with Crippen LogP contribution in [0.25, 0.3) is 10.6 Å². The molecule has 3 rings (SSSR count). The second-order valence-electron chi connectivity index (χ2n) is 5.78. The summed E-state index contributed by atoms with van der Waals surface area (Å²) in [6.07, 6.45) is 2.51. The van der Waals surface area contributed by atoms with Gasteiger partial charge in [0, 0.05) is 11.6 Å². The molecule has 0 atom stereocenters. The maximum Gasteiger partial charge on any atom is 0.347 e. The molecule has 0 saturated carbocycles. The Kier molecular flexibility index (Phi) is 5.38. The number of ether oxygens (including phenoxy) is 1. The molecule has 24 heavy (non-hydrogen) atoms. The Morgan fingerprint density at radius 2 is 2.17 bits per heavy atom. The van der Waals surface area contributed by atoms with E-state index in [0.29, 0.717) is 28.1 Å². The van der Waals surface area contributed by atoms with E-state index >= 15 is 0 Å². The van der Waals surface area contributed by atoms with E-state index in [9.17, 15) is 9.90 Å². The number of hydrogen-bond acceptors (Lipinski definition) is 5. The molecule has 1 saturated heterocycles. The molecule has 5 nitrogen and oxygen atoms in total. The number of aryl methyl sites for hydroxylation is 1. The second-order valence-corrected chi connectivity index (χ2v) is 7.21. The SMILES string of the molecule is Cc1nc(-c2cc(Cl)ccc2OCCN2CCCC2)sc1C(=O)O. The van der Waals surface area contributed by atoms with Crippen LogP contribution in [0.5, 0.6) is 5.75 Å². The first-order valence-corrected chi connectivity index (χ1v) is 9.10. The average Bonchev–Trinajstić information content (AvgIpc) is 3.18. The standard InChI is InChI=1S/C17H19ClN2O3S/c1-11-15(17(21)22)24-16(19-11)13-10-12(18)4-5-14(13)23-9-8-20-6-2-3-7-20/h4-5,10H,2-3,6-9H2,1H3,(H,21,22). The second kappa shape index (κ2) is 7.51. The number of halogens is 1. The Hall–Kier alpha value is -1.63. The van der Waals surface area contributed by atoms with E-state index in [2.05, 4.69) is 9.88 Å². The highest BCUT2D eigenvalue weighted by Crippen LogP contribution is 2.36. The lowest BCUT2D eigenvalue weighted by atomic mass is 10.2. The van der Waals surface area contributed by atoms with Crippen molar-refractivity contribution in [2.45, 2.75) is 19.8 Å². The van der Waals surface area contributed by atoms with Crippen molar-refractivity contribution in [3.8, 4) is 16.3 Å². The molecule has 1 aromatic heterocycles. The van der Waals surface area contributed by atoms with Crippen molar-refractivity contribution in [2.75, 3.05) is 26.2 Å². The predicted molar refractivity (Wildman–Crippen MR) is 95.4 cm³/mol. The molecular formula is C17H19ClN2O3S. The first-order chi connectivity index (χ1) is 11.5. The lowest BCUT2D eigenvalue weighted by molar-refractivity contribution is 0.0701. The number of carboxylic acid groups (broad SMARTS) is 1. The van der Waals surface area contributed by atoms with Gasteiger partial charge in [-0.25, -0.2) is 9.78 Å². The monoisotopic (exact) mass is 366 g/mol. The lowest BCUT2D eigenvalue weighted by Crippen LogP contribution is -2.25. The molecule has 1 fully saturated rings. The van der Waals surface area contributed by atoms with Crippen molar-refractivity contribution in [3.05, 3.63) is 33.8 Å². The Labute approximate surface area is 149 Å². The van der Waals surface area contributed by atoms with Crippen molar-refractivity contribution in [3.63, 3.8) is 0 Å². The summed E-state index contributed by atoms with van der Waals surface area (Å²) < 4.78 is 5.94. The van der Waals surface area contributed by atoms with Gasteiger partial charge in [-0.05, 0) is 51.1 Å². The number of carboxylic acids is 1. The summed E-state index contributed by atoms with van der Waals surface area (Å²) in [7, 11) is 0. The number of aromatic carboxylic acids is 1. The normalized spacial score (nSPS) is 14.9. The maximum atomic E-state index is 11.2. The lowest BCUT2D eigenvalue weighted by Gasteiger charge is -2.16. The molecule has 2 aromatic rings. The zero-order valence-electron chi connectivity index (χ0n) is 13.4. The van der Waals surface area contributed by atoms with Crippen LogP contribution in [-0.2, 0) is 0 Å². The van der Waals surface area contributed by atoms with Crippen molar-refractivity contribution in [1.29, 1.82) is 0 Å². The van der Waals surface area contributed by atoms with Gasteiger partial charge in [-0.2, -0.15) is 0 Å². The van der Waals surface area contributed by atoms with Gasteiger partial charge in [-0.1, -0.05) is 11.6 Å². The van der Waals surface area contributed by atoms with Gasteiger partial charge in [0.15, 0.2) is 0 Å². The molecule has 0 aliphatic carbocycles. The van der Waals surface area contributed by atoms with Crippen LogP contribution < -0.4 is 4.74 Å². The third kappa shape index (κ3) is 3.88. The molecule has 0 bridgehead atoms. The molecule has 1 aliphatic rings. The number of rotatable bonds is 6. The minimum Gasteiger partial charge on any atom is -0.492 e. The molecule has 2 heterocycles. The van der Waals surface area contributed by atoms with E-state index in [-0.39, 0.29) is 4.88 Å². The zero-order chi connectivity index (χ0) is 17.1. The molecule has 1 aromatic carbocycles. The van der Waals surface area contributed by atoms with Crippen LogP contribution in [-0.4, -0.2) is 47.2 Å². The van der Waals surface area contributed by atoms with Crippen LogP contribution in [0.15, 0.2) is 18.2 Å². The van der Waals surface area contributed by atoms with Crippen LogP contribution >= 0.6 is 22.9 Å². The quantitative estimate of drug-likeness (QED) is 0.838. The maximum absolute atomic E-state index is 11.2. The van der Waals surface area contributed by atoms with E-state index < -0.39 is 5.97 Å². The summed E-state index contributed by atoms with van der Waals surface area (Å²) in [5.74, 6) is -0.279. The van der Waals surface area contributed by atoms with Gasteiger partial charge in [-0.3, -0.25) is 4.90 Å². The fourth-order valence-corrected chi connectivity index (χ4v) is 3.89. The molecule has 1 N–H and O–H groups in total. The van der Waals surface area contributed by atoms with E-state index in [1.54, 1.807) is 19.1 Å². The smallest absolute Gasteiger partial charge is 0.347 e. The van der Waals surface area contributed by atoms with Crippen LogP contribution in [0.2, 0.25) is 5.02 Å². The minimum atomic E-state index is -0.963. The fourth-order valence-electron chi connectivity index (χ4n) is 2.80. The molecule has 0 spiro atoms. The summed E-state index contributed by atoms with van der Waals surface area (Å²) in [4.78, 5) is 18.2. The minimum absolute atomic E-state index is 0.244. The van der Waals surface area contributed by atoms with Crippen molar-refractivity contribution in [1.82, 2.24) is 9.88 Å². The molecule has 0 radical (unpaired) electrons. The number of benzene rings is 1. The highest BCUT2D eigenvalue weighted by Gasteiger charge is 2.18. The summed E-state index contributed by atoms with van der Waals surface area (Å²) in [5.41, 5.74) is 1.25. The largest absolute Gasteiger partial charge is 0.492 e. The Balaban J connectivity index is 1.80. The van der Waals surface area contributed by atoms with Crippen molar-refractivity contribution < 1.29 is 14.6 Å². The van der Waals surface area contributed by atoms with Gasteiger partial charge >= 0.3 is 5.97 Å². The average molecular weight is 367 g/mol. The van der Waals surface area contributed by atoms with E-state index in [1.807, 2.05) is 6.07 Å². The molecule has 1 aliphatic heterocycles. The van der Waals surface area contributed by atoms with Crippen LogP contribution in [0.1, 0.15) is 28.2 Å². The molecule has 128 valence electrons. The van der Waals surface area contributed by atoms with E-state index in [1.165, 1.54) is 12.8 Å². The Morgan fingerprint density at radius 1 is 1.42 bits per heavy atom. The number of thiazole rings is 1. The number of likely N-dealkylation sites (tertiary alicyclic amines) is 1. The third-order valence-corrected chi connectivity index (χ3v) is 5.44. The van der Waals surface area contributed by atoms with E-state index in [0.717, 1.165) is 36.5 Å². The van der Waals surface area contributed by atoms with Crippen LogP contribution in [0.4, 0.5) is 0 Å². The van der Waals surface area contributed by atoms with Gasteiger partial charge in [0.1, 0.15) is 22.2 Å². The highest BCUT2D eigenvalue weighted by atomic mass is 35.5. The van der Waals surface area contributed by atoms with Crippen molar-refractivity contribution in [2.24, 2.45) is 0 Å². The molecule has 0 unspecified atom stereocenters. The summed E-state index contributed by atoms with van der Waals surface area (Å²) in [6.45, 7) is 5.43. The van der Waals surface area contributed by atoms with Crippen LogP contribution in [0.3, 0.4) is 0 Å². The third-order valence-electron chi connectivity index (χ3n) is 4.03. The Morgan fingerprint density at radius 3 is 2.83 bits per heavy atom. The first kappa shape index (κ1) is 17.2. The molecular weight excluding hydrogens is 348 g/mol. The molecule has 0 amide bonds. The van der Waals surface area contributed by atoms with E-state index in [4.69, 9.17) is 16.3 Å². The van der Waals surface area contributed by atoms with Gasteiger partial charge in [0.2, 0.25) is 0 Å². The topological polar surface area (TPSA) is 62.7 Å². The van der Waals surface area contributed by atoms with Crippen LogP contribution in [0, 0.1) is 6.92 Å².